The molecule has 1 fully saturated rings. The van der Waals surface area contributed by atoms with Crippen molar-refractivity contribution in [1.82, 2.24) is 30.4 Å². The minimum Gasteiger partial charge on any atom is -0.465 e. The maximum Gasteiger partial charge on any atom is 0.340 e. The highest BCUT2D eigenvalue weighted by Crippen LogP contribution is 2.43. The Balaban J connectivity index is 2.15. The quantitative estimate of drug-likeness (QED) is 0.808. The highest BCUT2D eigenvalue weighted by Gasteiger charge is 2.46. The zero-order valence-corrected chi connectivity index (χ0v) is 16.7. The fourth-order valence-electron chi connectivity index (χ4n) is 3.89. The zero-order chi connectivity index (χ0) is 20.3. The van der Waals surface area contributed by atoms with Gasteiger partial charge >= 0.3 is 12.0 Å². The largest absolute Gasteiger partial charge is 0.465 e. The van der Waals surface area contributed by atoms with Crippen LogP contribution in [0.2, 0.25) is 0 Å². The third-order valence-corrected chi connectivity index (χ3v) is 5.69. The minimum absolute atomic E-state index is 0.203. The fraction of sp³-hybridized carbons (Fsp3) is 0.526. The molecule has 0 aliphatic heterocycles. The molecule has 2 amide bonds. The van der Waals surface area contributed by atoms with Crippen molar-refractivity contribution < 1.29 is 14.3 Å². The minimum atomic E-state index is -0.667. The number of esters is 1. The van der Waals surface area contributed by atoms with Crippen molar-refractivity contribution in [2.24, 2.45) is 5.92 Å². The Kier molecular flexibility index (Phi) is 5.62. The topological polar surface area (TPSA) is 102 Å². The summed E-state index contributed by atoms with van der Waals surface area (Å²) in [4.78, 5) is 26.5. The number of para-hydroxylation sites is 1. The van der Waals surface area contributed by atoms with Gasteiger partial charge in [-0.15, -0.1) is 5.10 Å². The molecular weight excluding hydrogens is 360 g/mol. The first-order valence-corrected chi connectivity index (χ1v) is 9.36. The van der Waals surface area contributed by atoms with Crippen LogP contribution in [0.4, 0.5) is 4.79 Å². The van der Waals surface area contributed by atoms with Crippen molar-refractivity contribution >= 4 is 12.0 Å². The number of hydrogen-bond acceptors (Lipinski definition) is 6. The van der Waals surface area contributed by atoms with Crippen molar-refractivity contribution in [2.75, 3.05) is 21.2 Å². The normalized spacial score (nSPS) is 21.8. The van der Waals surface area contributed by atoms with Gasteiger partial charge in [0.15, 0.2) is 5.82 Å². The molecule has 0 unspecified atom stereocenters. The van der Waals surface area contributed by atoms with Gasteiger partial charge in [-0.05, 0) is 54.2 Å². The number of carbonyl (C=O) groups is 2. The summed E-state index contributed by atoms with van der Waals surface area (Å²) >= 11 is 0. The summed E-state index contributed by atoms with van der Waals surface area (Å²) in [5.74, 6) is 0.641. The van der Waals surface area contributed by atoms with Crippen LogP contribution < -0.4 is 5.32 Å². The summed E-state index contributed by atoms with van der Waals surface area (Å²) < 4.78 is 6.46. The molecule has 150 valence electrons. The molecule has 3 rings (SSSR count). The first kappa shape index (κ1) is 19.8. The van der Waals surface area contributed by atoms with Crippen LogP contribution in [0, 0.1) is 5.92 Å². The van der Waals surface area contributed by atoms with E-state index in [0.29, 0.717) is 23.0 Å². The zero-order valence-electron chi connectivity index (χ0n) is 16.7. The van der Waals surface area contributed by atoms with Gasteiger partial charge in [-0.25, -0.2) is 9.59 Å². The van der Waals surface area contributed by atoms with Crippen molar-refractivity contribution in [3.05, 3.63) is 35.7 Å². The Hall–Kier alpha value is -2.97. The van der Waals surface area contributed by atoms with Crippen LogP contribution in [0.15, 0.2) is 24.3 Å². The van der Waals surface area contributed by atoms with Gasteiger partial charge < -0.3 is 15.0 Å². The van der Waals surface area contributed by atoms with Crippen LogP contribution in [0.25, 0.3) is 5.69 Å². The molecule has 28 heavy (non-hydrogen) atoms. The molecule has 1 heterocycles. The molecule has 1 aliphatic carbocycles. The van der Waals surface area contributed by atoms with Crippen molar-refractivity contribution in [2.45, 2.75) is 38.1 Å². The average Bonchev–Trinajstić information content (AvgIpc) is 3.23. The summed E-state index contributed by atoms with van der Waals surface area (Å²) in [6.07, 6.45) is 3.37. The number of ether oxygens (including phenoxy) is 1. The highest BCUT2D eigenvalue weighted by atomic mass is 16.5. The second-order valence-corrected chi connectivity index (χ2v) is 7.25. The first-order valence-electron chi connectivity index (χ1n) is 9.36. The van der Waals surface area contributed by atoms with E-state index in [0.717, 1.165) is 25.7 Å². The number of nitrogens with one attached hydrogen (secondary N) is 1. The average molecular weight is 386 g/mol. The van der Waals surface area contributed by atoms with E-state index in [1.807, 2.05) is 6.07 Å². The van der Waals surface area contributed by atoms with Crippen molar-refractivity contribution in [3.63, 3.8) is 0 Å². The van der Waals surface area contributed by atoms with Gasteiger partial charge in [-0.1, -0.05) is 19.1 Å². The van der Waals surface area contributed by atoms with Gasteiger partial charge in [0, 0.05) is 14.1 Å². The number of carbonyl (C=O) groups excluding carboxylic acids is 2. The molecule has 1 aromatic heterocycles. The van der Waals surface area contributed by atoms with Crippen molar-refractivity contribution in [1.29, 1.82) is 0 Å². The molecule has 1 N–H and O–H groups in total. The lowest BCUT2D eigenvalue weighted by Crippen LogP contribution is -2.53. The maximum absolute atomic E-state index is 12.5. The standard InChI is InChI=1S/C19H26N6O3/c1-13-9-11-19(12-10-13,24(3)18(27)20-2)17-21-22-23-25(17)15-8-6-5-7-14(15)16(26)28-4/h5-8,13H,9-12H2,1-4H3,(H,20,27). The number of hydrogen-bond donors (Lipinski definition) is 1. The molecule has 9 heteroatoms. The Morgan fingerprint density at radius 2 is 1.96 bits per heavy atom. The lowest BCUT2D eigenvalue weighted by molar-refractivity contribution is 0.0598. The van der Waals surface area contributed by atoms with E-state index < -0.39 is 11.5 Å². The molecule has 1 aromatic carbocycles. The van der Waals surface area contributed by atoms with Gasteiger partial charge in [0.25, 0.3) is 0 Å². The number of rotatable bonds is 4. The van der Waals surface area contributed by atoms with Crippen LogP contribution >= 0.6 is 0 Å². The third-order valence-electron chi connectivity index (χ3n) is 5.69. The van der Waals surface area contributed by atoms with Gasteiger partial charge in [0.1, 0.15) is 5.54 Å². The van der Waals surface area contributed by atoms with E-state index in [-0.39, 0.29) is 6.03 Å². The maximum atomic E-state index is 12.5. The van der Waals surface area contributed by atoms with Crippen LogP contribution in [0.5, 0.6) is 0 Å². The second kappa shape index (κ2) is 7.95. The SMILES string of the molecule is CNC(=O)N(C)C1(c2nnnn2-c2ccccc2C(=O)OC)CCC(C)CC1. The third kappa shape index (κ3) is 3.32. The number of tetrazole rings is 1. The number of methoxy groups -OCH3 is 1. The van der Waals surface area contributed by atoms with Crippen LogP contribution in [-0.2, 0) is 10.3 Å². The highest BCUT2D eigenvalue weighted by molar-refractivity contribution is 5.93. The number of benzene rings is 1. The molecule has 0 atom stereocenters. The molecular formula is C19H26N6O3. The molecule has 0 radical (unpaired) electrons. The van der Waals surface area contributed by atoms with Crippen LogP contribution in [0.3, 0.4) is 0 Å². The van der Waals surface area contributed by atoms with E-state index in [2.05, 4.69) is 27.8 Å². The van der Waals surface area contributed by atoms with Gasteiger partial charge in [-0.3, -0.25) is 0 Å². The van der Waals surface area contributed by atoms with Crippen molar-refractivity contribution in [3.8, 4) is 5.69 Å². The van der Waals surface area contributed by atoms with E-state index in [9.17, 15) is 9.59 Å². The van der Waals surface area contributed by atoms with E-state index in [1.54, 1.807) is 41.9 Å². The summed E-state index contributed by atoms with van der Waals surface area (Å²) in [6, 6.07) is 6.81. The summed E-state index contributed by atoms with van der Waals surface area (Å²) in [6.45, 7) is 2.21. The molecule has 1 saturated carbocycles. The Bertz CT molecular complexity index is 857. The number of urea groups is 1. The van der Waals surface area contributed by atoms with Crippen LogP contribution in [0.1, 0.15) is 48.8 Å². The number of aromatic nitrogens is 4. The molecule has 1 aliphatic rings. The van der Waals surface area contributed by atoms with Crippen LogP contribution in [-0.4, -0.2) is 58.3 Å². The smallest absolute Gasteiger partial charge is 0.340 e. The Morgan fingerprint density at radius 1 is 1.29 bits per heavy atom. The Labute approximate surface area is 164 Å². The van der Waals surface area contributed by atoms with E-state index in [4.69, 9.17) is 4.74 Å². The molecule has 0 saturated heterocycles. The summed E-state index contributed by atoms with van der Waals surface area (Å²) in [5.41, 5.74) is 0.220. The summed E-state index contributed by atoms with van der Waals surface area (Å²) in [5, 5.41) is 15.0. The predicted octanol–water partition coefficient (Wildman–Crippen LogP) is 2.13. The second-order valence-electron chi connectivity index (χ2n) is 7.25. The van der Waals surface area contributed by atoms with Gasteiger partial charge in [-0.2, -0.15) is 4.68 Å². The Morgan fingerprint density at radius 3 is 2.61 bits per heavy atom. The lowest BCUT2D eigenvalue weighted by Gasteiger charge is -2.44. The fourth-order valence-corrected chi connectivity index (χ4v) is 3.89. The molecule has 9 nitrogen and oxygen atoms in total. The monoisotopic (exact) mass is 386 g/mol. The number of amides is 2. The number of nitrogens with zero attached hydrogens (tertiary/aromatic N) is 5. The van der Waals surface area contributed by atoms with E-state index in [1.165, 1.54) is 7.11 Å². The predicted molar refractivity (Wildman–Crippen MR) is 102 cm³/mol. The molecule has 2 aromatic rings. The summed E-state index contributed by atoms with van der Waals surface area (Å²) in [7, 11) is 4.70. The molecule has 0 spiro atoms. The van der Waals surface area contributed by atoms with Gasteiger partial charge in [0.2, 0.25) is 0 Å². The van der Waals surface area contributed by atoms with Gasteiger partial charge in [0.05, 0.1) is 18.4 Å². The first-order chi connectivity index (χ1) is 13.4. The molecule has 0 bridgehead atoms. The van der Waals surface area contributed by atoms with E-state index >= 15 is 0 Å². The lowest BCUT2D eigenvalue weighted by atomic mass is 9.75.